The van der Waals surface area contributed by atoms with E-state index < -0.39 is 11.9 Å². The average molecular weight is 272 g/mol. The van der Waals surface area contributed by atoms with Crippen LogP contribution in [0.5, 0.6) is 11.5 Å². The molecule has 2 aromatic carbocycles. The zero-order chi connectivity index (χ0) is 14.4. The zero-order valence-electron chi connectivity index (χ0n) is 10.7. The molecule has 0 spiro atoms. The van der Waals surface area contributed by atoms with Gasteiger partial charge in [-0.05, 0) is 30.3 Å². The van der Waals surface area contributed by atoms with Gasteiger partial charge in [-0.25, -0.2) is 4.39 Å². The molecule has 0 aliphatic carbocycles. The second-order valence-corrected chi connectivity index (χ2v) is 3.99. The summed E-state index contributed by atoms with van der Waals surface area (Å²) in [5, 5.41) is 0. The van der Waals surface area contributed by atoms with Gasteiger partial charge in [-0.15, -0.1) is 0 Å². The maximum Gasteiger partial charge on any atom is 0.294 e. The van der Waals surface area contributed by atoms with Crippen LogP contribution in [-0.2, 0) is 9.53 Å². The summed E-state index contributed by atoms with van der Waals surface area (Å²) in [6, 6.07) is 13.1. The lowest BCUT2D eigenvalue weighted by Crippen LogP contribution is -2.00. The molecule has 1 unspecified atom stereocenters. The number of hydrogen-bond acceptors (Lipinski definition) is 3. The molecule has 0 aromatic heterocycles. The van der Waals surface area contributed by atoms with Crippen molar-refractivity contribution < 1.29 is 18.7 Å². The molecule has 0 fully saturated rings. The standard InChI is InChI=1S/C16H13FO3/c1-2-15(19-11-18)12-8-9-14(17)16(10-12)20-13-6-4-3-5-7-13/h2-11,15H,1H2. The minimum Gasteiger partial charge on any atom is -0.455 e. The normalized spacial score (nSPS) is 11.4. The number of carbonyl (C=O) groups excluding carboxylic acids is 1. The van der Waals surface area contributed by atoms with Gasteiger partial charge in [0.15, 0.2) is 11.6 Å². The van der Waals surface area contributed by atoms with E-state index in [2.05, 4.69) is 6.58 Å². The van der Waals surface area contributed by atoms with Crippen LogP contribution in [-0.4, -0.2) is 6.47 Å². The van der Waals surface area contributed by atoms with Crippen LogP contribution in [0.1, 0.15) is 11.7 Å². The first-order valence-electron chi connectivity index (χ1n) is 5.98. The Labute approximate surface area is 116 Å². The maximum absolute atomic E-state index is 13.7. The summed E-state index contributed by atoms with van der Waals surface area (Å²) in [4.78, 5) is 10.4. The summed E-state index contributed by atoms with van der Waals surface area (Å²) in [5.41, 5.74) is 0.583. The second kappa shape index (κ2) is 6.52. The lowest BCUT2D eigenvalue weighted by atomic mass is 10.1. The number of hydrogen-bond donors (Lipinski definition) is 0. The van der Waals surface area contributed by atoms with Crippen LogP contribution in [0.25, 0.3) is 0 Å². The molecule has 3 nitrogen and oxygen atoms in total. The molecule has 0 radical (unpaired) electrons. The summed E-state index contributed by atoms with van der Waals surface area (Å²) < 4.78 is 24.1. The summed E-state index contributed by atoms with van der Waals surface area (Å²) >= 11 is 0. The molecule has 2 aromatic rings. The number of benzene rings is 2. The number of para-hydroxylation sites is 1. The molecule has 20 heavy (non-hydrogen) atoms. The highest BCUT2D eigenvalue weighted by Gasteiger charge is 2.12. The van der Waals surface area contributed by atoms with Crippen LogP contribution >= 0.6 is 0 Å². The smallest absolute Gasteiger partial charge is 0.294 e. The monoisotopic (exact) mass is 272 g/mol. The van der Waals surface area contributed by atoms with E-state index in [0.717, 1.165) is 0 Å². The minimum absolute atomic E-state index is 0.0649. The zero-order valence-corrected chi connectivity index (χ0v) is 10.7. The molecule has 0 N–H and O–H groups in total. The molecule has 0 saturated heterocycles. The highest BCUT2D eigenvalue weighted by atomic mass is 19.1. The Bertz CT molecular complexity index is 596. The Morgan fingerprint density at radius 3 is 2.55 bits per heavy atom. The van der Waals surface area contributed by atoms with Gasteiger partial charge in [0.1, 0.15) is 11.9 Å². The van der Waals surface area contributed by atoms with Gasteiger partial charge >= 0.3 is 0 Å². The molecule has 0 saturated carbocycles. The summed E-state index contributed by atoms with van der Waals surface area (Å²) in [6.07, 6.45) is 0.819. The van der Waals surface area contributed by atoms with Crippen LogP contribution in [0, 0.1) is 5.82 Å². The van der Waals surface area contributed by atoms with Gasteiger partial charge in [-0.1, -0.05) is 30.8 Å². The summed E-state index contributed by atoms with van der Waals surface area (Å²) in [6.45, 7) is 3.90. The molecule has 0 aliphatic heterocycles. The molecule has 0 amide bonds. The van der Waals surface area contributed by atoms with Gasteiger partial charge in [0.05, 0.1) is 0 Å². The first-order chi connectivity index (χ1) is 9.74. The minimum atomic E-state index is -0.633. The van der Waals surface area contributed by atoms with E-state index in [4.69, 9.17) is 9.47 Å². The summed E-state index contributed by atoms with van der Waals surface area (Å²) in [5.74, 6) is 0.0941. The van der Waals surface area contributed by atoms with Gasteiger partial charge in [0.2, 0.25) is 0 Å². The number of halogens is 1. The molecule has 0 heterocycles. The fourth-order valence-corrected chi connectivity index (χ4v) is 1.72. The van der Waals surface area contributed by atoms with Gasteiger partial charge < -0.3 is 9.47 Å². The van der Waals surface area contributed by atoms with Crippen molar-refractivity contribution in [1.82, 2.24) is 0 Å². The third-order valence-electron chi connectivity index (χ3n) is 2.67. The fraction of sp³-hybridized carbons (Fsp3) is 0.0625. The third kappa shape index (κ3) is 3.23. The van der Waals surface area contributed by atoms with Gasteiger partial charge in [-0.2, -0.15) is 0 Å². The Balaban J connectivity index is 2.29. The Morgan fingerprint density at radius 2 is 1.90 bits per heavy atom. The van der Waals surface area contributed by atoms with Crippen LogP contribution in [0.15, 0.2) is 61.2 Å². The molecular formula is C16H13FO3. The SMILES string of the molecule is C=CC(OC=O)c1ccc(F)c(Oc2ccccc2)c1. The van der Waals surface area contributed by atoms with Crippen molar-refractivity contribution in [2.75, 3.05) is 0 Å². The third-order valence-corrected chi connectivity index (χ3v) is 2.67. The fourth-order valence-electron chi connectivity index (χ4n) is 1.72. The van der Waals surface area contributed by atoms with Crippen LogP contribution in [0.2, 0.25) is 0 Å². The Kier molecular flexibility index (Phi) is 4.50. The van der Waals surface area contributed by atoms with E-state index in [1.54, 1.807) is 24.3 Å². The average Bonchev–Trinajstić information content (AvgIpc) is 2.48. The molecule has 1 atom stereocenters. The molecule has 4 heteroatoms. The Morgan fingerprint density at radius 1 is 1.15 bits per heavy atom. The van der Waals surface area contributed by atoms with E-state index in [-0.39, 0.29) is 5.75 Å². The van der Waals surface area contributed by atoms with Crippen LogP contribution < -0.4 is 4.74 Å². The molecule has 102 valence electrons. The molecule has 0 bridgehead atoms. The van der Waals surface area contributed by atoms with Gasteiger partial charge in [0, 0.05) is 5.56 Å². The number of rotatable bonds is 6. The van der Waals surface area contributed by atoms with Crippen LogP contribution in [0.4, 0.5) is 4.39 Å². The topological polar surface area (TPSA) is 35.5 Å². The quantitative estimate of drug-likeness (QED) is 0.588. The first kappa shape index (κ1) is 13.8. The molecular weight excluding hydrogens is 259 g/mol. The van der Waals surface area contributed by atoms with E-state index >= 15 is 0 Å². The van der Waals surface area contributed by atoms with E-state index in [1.165, 1.54) is 24.3 Å². The van der Waals surface area contributed by atoms with Crippen molar-refractivity contribution in [3.05, 3.63) is 72.6 Å². The second-order valence-electron chi connectivity index (χ2n) is 3.99. The van der Waals surface area contributed by atoms with E-state index in [9.17, 15) is 9.18 Å². The summed E-state index contributed by atoms with van der Waals surface area (Å²) in [7, 11) is 0. The maximum atomic E-state index is 13.7. The van der Waals surface area contributed by atoms with Crippen LogP contribution in [0.3, 0.4) is 0 Å². The Hall–Kier alpha value is -2.62. The molecule has 0 aliphatic rings. The highest BCUT2D eigenvalue weighted by Crippen LogP contribution is 2.28. The molecule has 2 rings (SSSR count). The van der Waals surface area contributed by atoms with Crippen molar-refractivity contribution in [2.45, 2.75) is 6.10 Å². The lowest BCUT2D eigenvalue weighted by Gasteiger charge is -2.13. The number of carbonyl (C=O) groups is 1. The predicted molar refractivity (Wildman–Crippen MR) is 73.0 cm³/mol. The van der Waals surface area contributed by atoms with Crippen molar-refractivity contribution in [3.8, 4) is 11.5 Å². The van der Waals surface area contributed by atoms with E-state index in [0.29, 0.717) is 17.8 Å². The highest BCUT2D eigenvalue weighted by molar-refractivity contribution is 5.41. The largest absolute Gasteiger partial charge is 0.455 e. The van der Waals surface area contributed by atoms with E-state index in [1.807, 2.05) is 6.07 Å². The van der Waals surface area contributed by atoms with Crippen molar-refractivity contribution in [3.63, 3.8) is 0 Å². The van der Waals surface area contributed by atoms with Crippen molar-refractivity contribution in [1.29, 1.82) is 0 Å². The first-order valence-corrected chi connectivity index (χ1v) is 5.98. The predicted octanol–water partition coefficient (Wildman–Crippen LogP) is 4.02. The van der Waals surface area contributed by atoms with Crippen molar-refractivity contribution in [2.24, 2.45) is 0 Å². The number of ether oxygens (including phenoxy) is 2. The lowest BCUT2D eigenvalue weighted by molar-refractivity contribution is -0.131. The van der Waals surface area contributed by atoms with Crippen molar-refractivity contribution >= 4 is 6.47 Å². The van der Waals surface area contributed by atoms with Gasteiger partial charge in [0.25, 0.3) is 6.47 Å². The van der Waals surface area contributed by atoms with Gasteiger partial charge in [-0.3, -0.25) is 4.79 Å².